The summed E-state index contributed by atoms with van der Waals surface area (Å²) in [5.74, 6) is 0.867. The maximum Gasteiger partial charge on any atom is 0.229 e. The van der Waals surface area contributed by atoms with Gasteiger partial charge in [0.15, 0.2) is 0 Å². The van der Waals surface area contributed by atoms with Gasteiger partial charge in [-0.2, -0.15) is 5.10 Å². The van der Waals surface area contributed by atoms with Gasteiger partial charge in [-0.3, -0.25) is 9.48 Å². The molecule has 1 saturated heterocycles. The highest BCUT2D eigenvalue weighted by Crippen LogP contribution is 2.24. The van der Waals surface area contributed by atoms with Crippen LogP contribution in [0.15, 0.2) is 30.3 Å². The summed E-state index contributed by atoms with van der Waals surface area (Å²) in [6, 6.07) is 10.1. The molecular formula is C16H20N4O. The third kappa shape index (κ3) is 2.83. The van der Waals surface area contributed by atoms with Crippen LogP contribution in [0.3, 0.4) is 0 Å². The number of carbonyl (C=O) groups excluding carboxylic acids is 1. The third-order valence-corrected chi connectivity index (χ3v) is 3.98. The van der Waals surface area contributed by atoms with Gasteiger partial charge in [0.1, 0.15) is 5.82 Å². The van der Waals surface area contributed by atoms with Crippen molar-refractivity contribution in [3.05, 3.63) is 35.9 Å². The van der Waals surface area contributed by atoms with E-state index in [1.165, 1.54) is 5.56 Å². The Balaban J connectivity index is 1.81. The molecule has 2 heterocycles. The summed E-state index contributed by atoms with van der Waals surface area (Å²) in [6.07, 6.45) is 0.897. The lowest BCUT2D eigenvalue weighted by atomic mass is 10.1. The monoisotopic (exact) mass is 284 g/mol. The van der Waals surface area contributed by atoms with E-state index in [-0.39, 0.29) is 11.8 Å². The van der Waals surface area contributed by atoms with Gasteiger partial charge < -0.3 is 10.6 Å². The SMILES string of the molecule is Cc1ccccc1-c1cc(NC(=O)C2CCNC2)n(C)n1. The molecule has 0 aliphatic carbocycles. The molecular weight excluding hydrogens is 264 g/mol. The van der Waals surface area contributed by atoms with E-state index in [1.807, 2.05) is 31.3 Å². The van der Waals surface area contributed by atoms with Crippen LogP contribution in [0, 0.1) is 12.8 Å². The molecule has 5 nitrogen and oxygen atoms in total. The van der Waals surface area contributed by atoms with E-state index < -0.39 is 0 Å². The van der Waals surface area contributed by atoms with E-state index in [9.17, 15) is 4.79 Å². The predicted octanol–water partition coefficient (Wildman–Crippen LogP) is 1.94. The molecule has 110 valence electrons. The summed E-state index contributed by atoms with van der Waals surface area (Å²) in [6.45, 7) is 3.73. The maximum absolute atomic E-state index is 12.2. The lowest BCUT2D eigenvalue weighted by Crippen LogP contribution is -2.25. The molecule has 1 fully saturated rings. The molecule has 2 aromatic rings. The largest absolute Gasteiger partial charge is 0.316 e. The predicted molar refractivity (Wildman–Crippen MR) is 83.0 cm³/mol. The normalized spacial score (nSPS) is 17.9. The zero-order valence-corrected chi connectivity index (χ0v) is 12.4. The molecule has 0 spiro atoms. The first-order valence-electron chi connectivity index (χ1n) is 7.27. The molecule has 1 aromatic carbocycles. The van der Waals surface area contributed by atoms with Crippen LogP contribution in [0.1, 0.15) is 12.0 Å². The minimum atomic E-state index is 0.0572. The van der Waals surface area contributed by atoms with E-state index >= 15 is 0 Å². The van der Waals surface area contributed by atoms with E-state index in [0.29, 0.717) is 0 Å². The van der Waals surface area contributed by atoms with Gasteiger partial charge in [-0.05, 0) is 25.5 Å². The Hall–Kier alpha value is -2.14. The summed E-state index contributed by atoms with van der Waals surface area (Å²) in [4.78, 5) is 12.2. The lowest BCUT2D eigenvalue weighted by molar-refractivity contribution is -0.119. The highest BCUT2D eigenvalue weighted by atomic mass is 16.2. The van der Waals surface area contributed by atoms with Crippen molar-refractivity contribution in [2.24, 2.45) is 13.0 Å². The second-order valence-electron chi connectivity index (χ2n) is 5.53. The minimum absolute atomic E-state index is 0.0572. The minimum Gasteiger partial charge on any atom is -0.316 e. The van der Waals surface area contributed by atoms with Gasteiger partial charge in [-0.1, -0.05) is 24.3 Å². The summed E-state index contributed by atoms with van der Waals surface area (Å²) in [5.41, 5.74) is 3.15. The molecule has 1 atom stereocenters. The number of rotatable bonds is 3. The Morgan fingerprint density at radius 3 is 2.95 bits per heavy atom. The van der Waals surface area contributed by atoms with Crippen LogP contribution in [0.5, 0.6) is 0 Å². The van der Waals surface area contributed by atoms with Crippen LogP contribution in [-0.2, 0) is 11.8 Å². The van der Waals surface area contributed by atoms with Crippen molar-refractivity contribution >= 4 is 11.7 Å². The zero-order chi connectivity index (χ0) is 14.8. The van der Waals surface area contributed by atoms with Crippen molar-refractivity contribution in [1.29, 1.82) is 0 Å². The summed E-state index contributed by atoms with van der Waals surface area (Å²) < 4.78 is 1.72. The van der Waals surface area contributed by atoms with Gasteiger partial charge in [-0.15, -0.1) is 0 Å². The summed E-state index contributed by atoms with van der Waals surface area (Å²) >= 11 is 0. The molecule has 0 bridgehead atoms. The van der Waals surface area contributed by atoms with Crippen LogP contribution >= 0.6 is 0 Å². The van der Waals surface area contributed by atoms with Crippen molar-refractivity contribution in [2.45, 2.75) is 13.3 Å². The fourth-order valence-electron chi connectivity index (χ4n) is 2.68. The standard InChI is InChI=1S/C16H20N4O/c1-11-5-3-4-6-13(11)14-9-15(20(2)19-14)18-16(21)12-7-8-17-10-12/h3-6,9,12,17H,7-8,10H2,1-2H3,(H,18,21). The summed E-state index contributed by atoms with van der Waals surface area (Å²) in [5, 5.41) is 10.7. The zero-order valence-electron chi connectivity index (χ0n) is 12.4. The Morgan fingerprint density at radius 1 is 1.43 bits per heavy atom. The number of hydrogen-bond donors (Lipinski definition) is 2. The first-order chi connectivity index (χ1) is 10.1. The van der Waals surface area contributed by atoms with Crippen LogP contribution < -0.4 is 10.6 Å². The molecule has 3 rings (SSSR count). The Bertz CT molecular complexity index is 656. The fraction of sp³-hybridized carbons (Fsp3) is 0.375. The third-order valence-electron chi connectivity index (χ3n) is 3.98. The molecule has 1 aliphatic rings. The number of hydrogen-bond acceptors (Lipinski definition) is 3. The Labute approximate surface area is 124 Å². The maximum atomic E-state index is 12.2. The number of benzene rings is 1. The Kier molecular flexibility index (Phi) is 3.75. The highest BCUT2D eigenvalue weighted by Gasteiger charge is 2.23. The molecule has 1 amide bonds. The van der Waals surface area contributed by atoms with E-state index in [1.54, 1.807) is 4.68 Å². The highest BCUT2D eigenvalue weighted by molar-refractivity contribution is 5.92. The van der Waals surface area contributed by atoms with Crippen LogP contribution in [-0.4, -0.2) is 28.8 Å². The van der Waals surface area contributed by atoms with E-state index in [2.05, 4.69) is 28.7 Å². The Morgan fingerprint density at radius 2 is 2.24 bits per heavy atom. The van der Waals surface area contributed by atoms with E-state index in [0.717, 1.165) is 36.6 Å². The van der Waals surface area contributed by atoms with Gasteiger partial charge in [0, 0.05) is 25.2 Å². The van der Waals surface area contributed by atoms with Gasteiger partial charge in [0.25, 0.3) is 0 Å². The first kappa shape index (κ1) is 13.8. The number of amides is 1. The van der Waals surface area contributed by atoms with Crippen molar-refractivity contribution in [3.8, 4) is 11.3 Å². The van der Waals surface area contributed by atoms with Gasteiger partial charge in [-0.25, -0.2) is 0 Å². The number of aromatic nitrogens is 2. The van der Waals surface area contributed by atoms with Crippen LogP contribution in [0.2, 0.25) is 0 Å². The molecule has 2 N–H and O–H groups in total. The second-order valence-corrected chi connectivity index (χ2v) is 5.53. The topological polar surface area (TPSA) is 59.0 Å². The smallest absolute Gasteiger partial charge is 0.229 e. The van der Waals surface area contributed by atoms with Crippen molar-refractivity contribution < 1.29 is 4.79 Å². The quantitative estimate of drug-likeness (QED) is 0.905. The van der Waals surface area contributed by atoms with Crippen molar-refractivity contribution in [2.75, 3.05) is 18.4 Å². The molecule has 1 aromatic heterocycles. The molecule has 5 heteroatoms. The first-order valence-corrected chi connectivity index (χ1v) is 7.27. The number of nitrogens with zero attached hydrogens (tertiary/aromatic N) is 2. The average molecular weight is 284 g/mol. The molecule has 21 heavy (non-hydrogen) atoms. The van der Waals surface area contributed by atoms with Crippen molar-refractivity contribution in [3.63, 3.8) is 0 Å². The second kappa shape index (κ2) is 5.69. The lowest BCUT2D eigenvalue weighted by Gasteiger charge is -2.09. The number of nitrogens with one attached hydrogen (secondary N) is 2. The van der Waals surface area contributed by atoms with Gasteiger partial charge in [0.2, 0.25) is 5.91 Å². The number of aryl methyl sites for hydroxylation is 2. The fourth-order valence-corrected chi connectivity index (χ4v) is 2.68. The number of carbonyl (C=O) groups is 1. The molecule has 1 unspecified atom stereocenters. The molecule has 0 saturated carbocycles. The van der Waals surface area contributed by atoms with E-state index in [4.69, 9.17) is 0 Å². The van der Waals surface area contributed by atoms with Gasteiger partial charge >= 0.3 is 0 Å². The molecule has 1 aliphatic heterocycles. The molecule has 0 radical (unpaired) electrons. The van der Waals surface area contributed by atoms with Crippen LogP contribution in [0.25, 0.3) is 11.3 Å². The van der Waals surface area contributed by atoms with Gasteiger partial charge in [0.05, 0.1) is 11.6 Å². The van der Waals surface area contributed by atoms with Crippen LogP contribution in [0.4, 0.5) is 5.82 Å². The summed E-state index contributed by atoms with van der Waals surface area (Å²) in [7, 11) is 1.85. The average Bonchev–Trinajstić information content (AvgIpc) is 3.10. The number of anilines is 1. The van der Waals surface area contributed by atoms with Crippen molar-refractivity contribution in [1.82, 2.24) is 15.1 Å².